The molecule has 0 saturated heterocycles. The molecule has 2 N–H and O–H groups in total. The standard InChI is InChI=1S/C23H29N3O5S/c1-3-5-6-9-12-26-17-11-8-7-10-16(17)20(28)19(22(26)30)21(29)25-23-24-15(14-32-23)13-18(27)31-4-2/h7-8,10-11,15,28H,3-6,9,12-14H2,1-2H3,(H,24,25,29). The quantitative estimate of drug-likeness (QED) is 0.439. The van der Waals surface area contributed by atoms with Gasteiger partial charge in [-0.1, -0.05) is 50.1 Å². The molecule has 1 aliphatic heterocycles. The van der Waals surface area contributed by atoms with Gasteiger partial charge in [0.05, 0.1) is 24.6 Å². The molecule has 2 heterocycles. The number of ether oxygens (including phenoxy) is 1. The number of esters is 1. The SMILES string of the molecule is CCCCCCn1c(=O)c(C(=O)NC2=NC(CC(=O)OCC)CS2)c(O)c2ccccc21. The van der Waals surface area contributed by atoms with Gasteiger partial charge in [0.2, 0.25) is 0 Å². The van der Waals surface area contributed by atoms with E-state index in [2.05, 4.69) is 17.2 Å². The van der Waals surface area contributed by atoms with Gasteiger partial charge in [-0.2, -0.15) is 0 Å². The van der Waals surface area contributed by atoms with Crippen molar-refractivity contribution in [1.29, 1.82) is 0 Å². The third-order valence-electron chi connectivity index (χ3n) is 5.25. The zero-order chi connectivity index (χ0) is 23.1. The summed E-state index contributed by atoms with van der Waals surface area (Å²) in [6.45, 7) is 4.63. The zero-order valence-corrected chi connectivity index (χ0v) is 19.2. The summed E-state index contributed by atoms with van der Waals surface area (Å²) in [4.78, 5) is 42.2. The van der Waals surface area contributed by atoms with Gasteiger partial charge in [-0.3, -0.25) is 19.4 Å². The van der Waals surface area contributed by atoms with Crippen LogP contribution in [0.1, 0.15) is 56.3 Å². The average molecular weight is 460 g/mol. The predicted octanol–water partition coefficient (Wildman–Crippen LogP) is 3.44. The van der Waals surface area contributed by atoms with Gasteiger partial charge in [0.1, 0.15) is 11.3 Å². The Kier molecular flexibility index (Phi) is 8.33. The first-order valence-electron chi connectivity index (χ1n) is 11.0. The van der Waals surface area contributed by atoms with Crippen LogP contribution < -0.4 is 10.9 Å². The number of hydrogen-bond acceptors (Lipinski definition) is 7. The number of amidine groups is 1. The number of fused-ring (bicyclic) bond motifs is 1. The minimum atomic E-state index is -0.705. The number of aliphatic imine (C=N–C) groups is 1. The molecule has 9 heteroatoms. The minimum Gasteiger partial charge on any atom is -0.506 e. The van der Waals surface area contributed by atoms with Crippen LogP contribution in [0.3, 0.4) is 0 Å². The maximum Gasteiger partial charge on any atom is 0.307 e. The van der Waals surface area contributed by atoms with Gasteiger partial charge in [0.15, 0.2) is 5.17 Å². The van der Waals surface area contributed by atoms with Gasteiger partial charge < -0.3 is 19.7 Å². The van der Waals surface area contributed by atoms with E-state index in [1.165, 1.54) is 11.8 Å². The van der Waals surface area contributed by atoms with Crippen LogP contribution in [0, 0.1) is 0 Å². The highest BCUT2D eigenvalue weighted by atomic mass is 32.2. The smallest absolute Gasteiger partial charge is 0.307 e. The fourth-order valence-corrected chi connectivity index (χ4v) is 4.60. The number of aromatic hydroxyl groups is 1. The van der Waals surface area contributed by atoms with E-state index in [1.807, 2.05) is 0 Å². The molecule has 8 nitrogen and oxygen atoms in total. The molecule has 0 radical (unpaired) electrons. The van der Waals surface area contributed by atoms with Crippen molar-refractivity contribution in [2.45, 2.75) is 58.5 Å². The van der Waals surface area contributed by atoms with Crippen LogP contribution in [0.15, 0.2) is 34.1 Å². The third kappa shape index (κ3) is 5.51. The van der Waals surface area contributed by atoms with E-state index in [0.717, 1.165) is 25.7 Å². The van der Waals surface area contributed by atoms with E-state index in [0.29, 0.717) is 35.0 Å². The Hall–Kier alpha value is -2.81. The Morgan fingerprint density at radius 2 is 2.03 bits per heavy atom. The molecule has 0 spiro atoms. The maximum atomic E-state index is 13.2. The van der Waals surface area contributed by atoms with Crippen molar-refractivity contribution in [3.63, 3.8) is 0 Å². The molecule has 0 fully saturated rings. The molecule has 1 atom stereocenters. The summed E-state index contributed by atoms with van der Waals surface area (Å²) in [5, 5.41) is 14.2. The lowest BCUT2D eigenvalue weighted by atomic mass is 10.1. The Morgan fingerprint density at radius 1 is 1.25 bits per heavy atom. The van der Waals surface area contributed by atoms with Crippen LogP contribution in [-0.4, -0.2) is 45.1 Å². The van der Waals surface area contributed by atoms with Gasteiger partial charge in [0.25, 0.3) is 11.5 Å². The number of unbranched alkanes of at least 4 members (excludes halogenated alkanes) is 3. The average Bonchev–Trinajstić information content (AvgIpc) is 3.19. The number of benzene rings is 1. The molecule has 0 aliphatic carbocycles. The highest BCUT2D eigenvalue weighted by Crippen LogP contribution is 2.27. The van der Waals surface area contributed by atoms with Gasteiger partial charge >= 0.3 is 5.97 Å². The van der Waals surface area contributed by atoms with Gasteiger partial charge in [0, 0.05) is 17.7 Å². The molecule has 172 valence electrons. The lowest BCUT2D eigenvalue weighted by Crippen LogP contribution is -2.35. The van der Waals surface area contributed by atoms with Gasteiger partial charge in [-0.15, -0.1) is 0 Å². The molecule has 1 unspecified atom stereocenters. The number of para-hydroxylation sites is 1. The first kappa shape index (κ1) is 23.8. The lowest BCUT2D eigenvalue weighted by molar-refractivity contribution is -0.143. The Bertz CT molecular complexity index is 1080. The number of hydrogen-bond donors (Lipinski definition) is 2. The van der Waals surface area contributed by atoms with Crippen LogP contribution in [-0.2, 0) is 16.1 Å². The molecule has 1 aliphatic rings. The van der Waals surface area contributed by atoms with Crippen molar-refractivity contribution in [3.8, 4) is 5.75 Å². The van der Waals surface area contributed by atoms with Crippen LogP contribution >= 0.6 is 11.8 Å². The number of carbonyl (C=O) groups is 2. The third-order valence-corrected chi connectivity index (χ3v) is 6.28. The maximum absolute atomic E-state index is 13.2. The molecule has 1 aromatic carbocycles. The Labute approximate surface area is 191 Å². The molecule has 32 heavy (non-hydrogen) atoms. The highest BCUT2D eigenvalue weighted by molar-refractivity contribution is 8.14. The van der Waals surface area contributed by atoms with Crippen molar-refractivity contribution in [2.75, 3.05) is 12.4 Å². The van der Waals surface area contributed by atoms with E-state index >= 15 is 0 Å². The predicted molar refractivity (Wildman–Crippen MR) is 126 cm³/mol. The van der Waals surface area contributed by atoms with E-state index < -0.39 is 11.5 Å². The van der Waals surface area contributed by atoms with Crippen molar-refractivity contribution >= 4 is 39.7 Å². The monoisotopic (exact) mass is 459 g/mol. The van der Waals surface area contributed by atoms with Gasteiger partial charge in [-0.25, -0.2) is 0 Å². The van der Waals surface area contributed by atoms with Crippen molar-refractivity contribution in [1.82, 2.24) is 9.88 Å². The summed E-state index contributed by atoms with van der Waals surface area (Å²) in [5.41, 5.74) is -0.219. The first-order valence-corrected chi connectivity index (χ1v) is 12.0. The van der Waals surface area contributed by atoms with Crippen molar-refractivity contribution < 1.29 is 19.4 Å². The number of nitrogens with zero attached hydrogens (tertiary/aromatic N) is 2. The van der Waals surface area contributed by atoms with Crippen LogP contribution in [0.25, 0.3) is 10.9 Å². The largest absolute Gasteiger partial charge is 0.506 e. The number of pyridine rings is 1. The number of carbonyl (C=O) groups excluding carboxylic acids is 2. The normalized spacial score (nSPS) is 15.6. The summed E-state index contributed by atoms with van der Waals surface area (Å²) < 4.78 is 6.50. The fraction of sp³-hybridized carbons (Fsp3) is 0.478. The molecular formula is C23H29N3O5S. The van der Waals surface area contributed by atoms with Crippen molar-refractivity contribution in [3.05, 3.63) is 40.2 Å². The second-order valence-electron chi connectivity index (χ2n) is 7.62. The van der Waals surface area contributed by atoms with E-state index in [-0.39, 0.29) is 29.7 Å². The summed E-state index contributed by atoms with van der Waals surface area (Å²) in [5.74, 6) is -0.851. The second kappa shape index (κ2) is 11.2. The van der Waals surface area contributed by atoms with Crippen LogP contribution in [0.5, 0.6) is 5.75 Å². The van der Waals surface area contributed by atoms with E-state index in [4.69, 9.17) is 4.74 Å². The molecule has 2 aromatic rings. The van der Waals surface area contributed by atoms with Crippen molar-refractivity contribution in [2.24, 2.45) is 4.99 Å². The molecule has 0 bridgehead atoms. The first-order chi connectivity index (χ1) is 15.5. The van der Waals surface area contributed by atoms with Gasteiger partial charge in [-0.05, 0) is 25.5 Å². The minimum absolute atomic E-state index is 0.131. The van der Waals surface area contributed by atoms with Crippen LogP contribution in [0.2, 0.25) is 0 Å². The fourth-order valence-electron chi connectivity index (χ4n) is 3.67. The zero-order valence-electron chi connectivity index (χ0n) is 18.4. The van der Waals surface area contributed by atoms with E-state index in [9.17, 15) is 19.5 Å². The highest BCUT2D eigenvalue weighted by Gasteiger charge is 2.27. The number of aromatic nitrogens is 1. The molecule has 3 rings (SSSR count). The van der Waals surface area contributed by atoms with E-state index in [1.54, 1.807) is 35.8 Å². The molecule has 0 saturated carbocycles. The number of nitrogens with one attached hydrogen (secondary N) is 1. The summed E-state index contributed by atoms with van der Waals surface area (Å²) in [6, 6.07) is 6.73. The Morgan fingerprint density at radius 3 is 2.78 bits per heavy atom. The second-order valence-corrected chi connectivity index (χ2v) is 8.63. The molecule has 1 aromatic heterocycles. The number of amides is 1. The number of thioether (sulfide) groups is 1. The molecule has 1 amide bonds. The van der Waals surface area contributed by atoms with Crippen LogP contribution in [0.4, 0.5) is 0 Å². The Balaban J connectivity index is 1.85. The topological polar surface area (TPSA) is 110 Å². The molecular weight excluding hydrogens is 430 g/mol. The summed E-state index contributed by atoms with van der Waals surface area (Å²) >= 11 is 1.29. The number of aryl methyl sites for hydroxylation is 1. The number of rotatable bonds is 9. The lowest BCUT2D eigenvalue weighted by Gasteiger charge is -2.15. The summed E-state index contributed by atoms with van der Waals surface area (Å²) in [7, 11) is 0. The summed E-state index contributed by atoms with van der Waals surface area (Å²) in [6.07, 6.45) is 4.07.